The van der Waals surface area contributed by atoms with Gasteiger partial charge in [-0.15, -0.1) is 0 Å². The Morgan fingerprint density at radius 3 is 2.50 bits per heavy atom. The van der Waals surface area contributed by atoms with Gasteiger partial charge in [-0.2, -0.15) is 0 Å². The van der Waals surface area contributed by atoms with E-state index in [0.29, 0.717) is 18.7 Å². The SMILES string of the molecule is CC1Cc2cc3c(cc2CN1C(=O)c1ccc(F)c(F)c1)OCO3. The van der Waals surface area contributed by atoms with Crippen LogP contribution in [-0.2, 0) is 13.0 Å². The van der Waals surface area contributed by atoms with Crippen LogP contribution in [0.3, 0.4) is 0 Å². The molecular formula is C18H15F2NO3. The van der Waals surface area contributed by atoms with Gasteiger partial charge >= 0.3 is 0 Å². The highest BCUT2D eigenvalue weighted by molar-refractivity contribution is 5.94. The fourth-order valence-corrected chi connectivity index (χ4v) is 3.20. The van der Waals surface area contributed by atoms with Crippen LogP contribution in [0.2, 0.25) is 0 Å². The van der Waals surface area contributed by atoms with Crippen LogP contribution < -0.4 is 9.47 Å². The molecule has 2 heterocycles. The summed E-state index contributed by atoms with van der Waals surface area (Å²) in [7, 11) is 0. The maximum atomic E-state index is 13.4. The van der Waals surface area contributed by atoms with E-state index in [1.54, 1.807) is 4.90 Å². The number of hydrogen-bond donors (Lipinski definition) is 0. The molecule has 0 N–H and O–H groups in total. The number of carbonyl (C=O) groups is 1. The van der Waals surface area contributed by atoms with Crippen LogP contribution in [0.5, 0.6) is 11.5 Å². The van der Waals surface area contributed by atoms with Crippen molar-refractivity contribution in [3.63, 3.8) is 0 Å². The summed E-state index contributed by atoms with van der Waals surface area (Å²) in [5.74, 6) is -0.903. The van der Waals surface area contributed by atoms with Crippen molar-refractivity contribution in [3.05, 3.63) is 58.7 Å². The lowest BCUT2D eigenvalue weighted by molar-refractivity contribution is 0.0657. The molecule has 0 radical (unpaired) electrons. The quantitative estimate of drug-likeness (QED) is 0.805. The zero-order valence-corrected chi connectivity index (χ0v) is 13.0. The smallest absolute Gasteiger partial charge is 0.254 e. The Labute approximate surface area is 137 Å². The molecule has 4 rings (SSSR count). The minimum Gasteiger partial charge on any atom is -0.454 e. The molecule has 0 saturated heterocycles. The summed E-state index contributed by atoms with van der Waals surface area (Å²) in [6, 6.07) is 7.01. The summed E-state index contributed by atoms with van der Waals surface area (Å²) in [5.41, 5.74) is 2.24. The van der Waals surface area contributed by atoms with E-state index < -0.39 is 11.6 Å². The topological polar surface area (TPSA) is 38.8 Å². The van der Waals surface area contributed by atoms with Gasteiger partial charge in [0.15, 0.2) is 23.1 Å². The van der Waals surface area contributed by atoms with Crippen molar-refractivity contribution in [2.24, 2.45) is 0 Å². The van der Waals surface area contributed by atoms with Gasteiger partial charge in [-0.1, -0.05) is 0 Å². The number of halogens is 2. The van der Waals surface area contributed by atoms with Gasteiger partial charge < -0.3 is 14.4 Å². The Morgan fingerprint density at radius 1 is 1.08 bits per heavy atom. The van der Waals surface area contributed by atoms with Crippen molar-refractivity contribution < 1.29 is 23.0 Å². The van der Waals surface area contributed by atoms with Crippen LogP contribution in [0.25, 0.3) is 0 Å². The highest BCUT2D eigenvalue weighted by Crippen LogP contribution is 2.38. The first-order valence-electron chi connectivity index (χ1n) is 7.70. The van der Waals surface area contributed by atoms with E-state index in [2.05, 4.69) is 0 Å². The predicted octanol–water partition coefficient (Wildman–Crippen LogP) is 3.28. The van der Waals surface area contributed by atoms with E-state index in [-0.39, 0.29) is 24.3 Å². The Morgan fingerprint density at radius 2 is 1.79 bits per heavy atom. The lowest BCUT2D eigenvalue weighted by Crippen LogP contribution is -2.42. The Hall–Kier alpha value is -2.63. The number of fused-ring (bicyclic) bond motifs is 2. The van der Waals surface area contributed by atoms with Gasteiger partial charge in [-0.25, -0.2) is 8.78 Å². The fraction of sp³-hybridized carbons (Fsp3) is 0.278. The molecule has 0 saturated carbocycles. The molecule has 0 aliphatic carbocycles. The number of amides is 1. The Kier molecular flexibility index (Phi) is 3.40. The van der Waals surface area contributed by atoms with Crippen LogP contribution in [0.4, 0.5) is 8.78 Å². The first-order valence-corrected chi connectivity index (χ1v) is 7.70. The number of carbonyl (C=O) groups excluding carboxylic acids is 1. The van der Waals surface area contributed by atoms with Crippen LogP contribution in [0.1, 0.15) is 28.4 Å². The summed E-state index contributed by atoms with van der Waals surface area (Å²) in [6.45, 7) is 2.53. The zero-order valence-electron chi connectivity index (χ0n) is 13.0. The second kappa shape index (κ2) is 5.47. The van der Waals surface area contributed by atoms with Gasteiger partial charge in [-0.05, 0) is 54.8 Å². The molecule has 124 valence electrons. The Balaban J connectivity index is 1.65. The van der Waals surface area contributed by atoms with Gasteiger partial charge in [0.25, 0.3) is 5.91 Å². The van der Waals surface area contributed by atoms with E-state index >= 15 is 0 Å². The summed E-state index contributed by atoms with van der Waals surface area (Å²) in [5, 5.41) is 0. The number of rotatable bonds is 1. The lowest BCUT2D eigenvalue weighted by atomic mass is 9.93. The van der Waals surface area contributed by atoms with Crippen molar-refractivity contribution in [3.8, 4) is 11.5 Å². The Bertz CT molecular complexity index is 837. The number of ether oxygens (including phenoxy) is 2. The highest BCUT2D eigenvalue weighted by Gasteiger charge is 2.30. The molecule has 0 aromatic heterocycles. The molecular weight excluding hydrogens is 316 g/mol. The van der Waals surface area contributed by atoms with Crippen molar-refractivity contribution in [2.45, 2.75) is 25.9 Å². The molecule has 2 aromatic carbocycles. The van der Waals surface area contributed by atoms with Gasteiger partial charge in [0.05, 0.1) is 0 Å². The molecule has 1 unspecified atom stereocenters. The summed E-state index contributed by atoms with van der Waals surface area (Å²) >= 11 is 0. The maximum Gasteiger partial charge on any atom is 0.254 e. The van der Waals surface area contributed by atoms with Crippen molar-refractivity contribution >= 4 is 5.91 Å². The molecule has 0 bridgehead atoms. The molecule has 0 fully saturated rings. The van der Waals surface area contributed by atoms with Gasteiger partial charge in [0.1, 0.15) is 0 Å². The monoisotopic (exact) mass is 331 g/mol. The largest absolute Gasteiger partial charge is 0.454 e. The molecule has 2 aliphatic heterocycles. The van der Waals surface area contributed by atoms with E-state index in [9.17, 15) is 13.6 Å². The van der Waals surface area contributed by atoms with Gasteiger partial charge in [-0.3, -0.25) is 4.79 Å². The number of hydrogen-bond acceptors (Lipinski definition) is 3. The highest BCUT2D eigenvalue weighted by atomic mass is 19.2. The second-order valence-electron chi connectivity index (χ2n) is 6.09. The molecule has 2 aromatic rings. The predicted molar refractivity (Wildman–Crippen MR) is 82.0 cm³/mol. The molecule has 4 nitrogen and oxygen atoms in total. The lowest BCUT2D eigenvalue weighted by Gasteiger charge is -2.35. The minimum absolute atomic E-state index is 0.0570. The zero-order chi connectivity index (χ0) is 16.8. The van der Waals surface area contributed by atoms with E-state index in [0.717, 1.165) is 29.0 Å². The summed E-state index contributed by atoms with van der Waals surface area (Å²) in [4.78, 5) is 14.4. The van der Waals surface area contributed by atoms with Crippen molar-refractivity contribution in [2.75, 3.05) is 6.79 Å². The molecule has 1 atom stereocenters. The molecule has 6 heteroatoms. The fourth-order valence-electron chi connectivity index (χ4n) is 3.20. The average Bonchev–Trinajstić information content (AvgIpc) is 3.01. The molecule has 24 heavy (non-hydrogen) atoms. The molecule has 2 aliphatic rings. The third kappa shape index (κ3) is 2.38. The van der Waals surface area contributed by atoms with E-state index in [4.69, 9.17) is 9.47 Å². The van der Waals surface area contributed by atoms with E-state index in [1.165, 1.54) is 6.07 Å². The van der Waals surface area contributed by atoms with Crippen molar-refractivity contribution in [1.29, 1.82) is 0 Å². The summed E-state index contributed by atoms with van der Waals surface area (Å²) < 4.78 is 37.3. The molecule has 1 amide bonds. The third-order valence-electron chi connectivity index (χ3n) is 4.51. The standard InChI is InChI=1S/C18H15F2NO3/c1-10-4-12-6-16-17(24-9-23-16)7-13(12)8-21(10)18(22)11-2-3-14(19)15(20)5-11/h2-3,5-7,10H,4,8-9H2,1H3. The summed E-state index contributed by atoms with van der Waals surface area (Å²) in [6.07, 6.45) is 0.668. The first-order chi connectivity index (χ1) is 11.5. The number of benzene rings is 2. The van der Waals surface area contributed by atoms with Crippen LogP contribution in [-0.4, -0.2) is 23.6 Å². The maximum absolute atomic E-state index is 13.4. The third-order valence-corrected chi connectivity index (χ3v) is 4.51. The molecule has 0 spiro atoms. The minimum atomic E-state index is -1.02. The van der Waals surface area contributed by atoms with Crippen LogP contribution in [0.15, 0.2) is 30.3 Å². The van der Waals surface area contributed by atoms with E-state index in [1.807, 2.05) is 19.1 Å². The first kappa shape index (κ1) is 14.9. The average molecular weight is 331 g/mol. The number of nitrogens with zero attached hydrogens (tertiary/aromatic N) is 1. The van der Waals surface area contributed by atoms with Gasteiger partial charge in [0, 0.05) is 18.2 Å². The second-order valence-corrected chi connectivity index (χ2v) is 6.09. The van der Waals surface area contributed by atoms with Gasteiger partial charge in [0.2, 0.25) is 6.79 Å². The van der Waals surface area contributed by atoms with Crippen LogP contribution in [0, 0.1) is 11.6 Å². The normalized spacial score (nSPS) is 18.5. The van der Waals surface area contributed by atoms with Crippen LogP contribution >= 0.6 is 0 Å². The van der Waals surface area contributed by atoms with Crippen molar-refractivity contribution in [1.82, 2.24) is 4.90 Å².